The molecule has 2 rings (SSSR count). The molecule has 1 aromatic carbocycles. The topological polar surface area (TPSA) is 37.8 Å². The van der Waals surface area contributed by atoms with Crippen LogP contribution in [0.4, 0.5) is 5.95 Å². The van der Waals surface area contributed by atoms with E-state index in [4.69, 9.17) is 0 Å². The van der Waals surface area contributed by atoms with Crippen LogP contribution in [0.2, 0.25) is 0 Å². The number of hydrogen-bond acceptors (Lipinski definition) is 3. The van der Waals surface area contributed by atoms with Crippen LogP contribution in [0, 0.1) is 6.92 Å². The summed E-state index contributed by atoms with van der Waals surface area (Å²) in [6.07, 6.45) is 3.71. The lowest BCUT2D eigenvalue weighted by atomic mass is 10.1. The summed E-state index contributed by atoms with van der Waals surface area (Å²) in [5.41, 5.74) is 3.44. The van der Waals surface area contributed by atoms with Crippen molar-refractivity contribution in [1.82, 2.24) is 9.97 Å². The lowest BCUT2D eigenvalue weighted by Gasteiger charge is -2.08. The van der Waals surface area contributed by atoms with Crippen molar-refractivity contribution in [3.63, 3.8) is 0 Å². The first-order valence-electron chi connectivity index (χ1n) is 5.81. The van der Waals surface area contributed by atoms with E-state index in [9.17, 15) is 0 Å². The van der Waals surface area contributed by atoms with Gasteiger partial charge in [-0.05, 0) is 26.3 Å². The average Bonchev–Trinajstić information content (AvgIpc) is 2.29. The summed E-state index contributed by atoms with van der Waals surface area (Å²) >= 11 is 0. The van der Waals surface area contributed by atoms with E-state index in [2.05, 4.69) is 54.3 Å². The standard InChI is InChI=1S/C14H17N3/c1-10(2)17-14-15-8-13(9-16-14)12-6-4-5-11(3)7-12/h4-10H,1-3H3,(H,15,16,17). The van der Waals surface area contributed by atoms with E-state index in [-0.39, 0.29) is 0 Å². The van der Waals surface area contributed by atoms with Crippen LogP contribution >= 0.6 is 0 Å². The molecule has 17 heavy (non-hydrogen) atoms. The van der Waals surface area contributed by atoms with Gasteiger partial charge in [0.25, 0.3) is 0 Å². The van der Waals surface area contributed by atoms with Gasteiger partial charge >= 0.3 is 0 Å². The molecule has 88 valence electrons. The minimum absolute atomic E-state index is 0.347. The fourth-order valence-electron chi connectivity index (χ4n) is 1.63. The van der Waals surface area contributed by atoms with Crippen LogP contribution in [0.25, 0.3) is 11.1 Å². The fraction of sp³-hybridized carbons (Fsp3) is 0.286. The van der Waals surface area contributed by atoms with Gasteiger partial charge in [0.05, 0.1) is 0 Å². The van der Waals surface area contributed by atoms with Gasteiger partial charge in [0.1, 0.15) is 0 Å². The Labute approximate surface area is 102 Å². The normalized spacial score (nSPS) is 10.6. The molecule has 0 atom stereocenters. The summed E-state index contributed by atoms with van der Waals surface area (Å²) in [5.74, 6) is 0.677. The van der Waals surface area contributed by atoms with Gasteiger partial charge in [0, 0.05) is 24.0 Å². The largest absolute Gasteiger partial charge is 0.352 e. The summed E-state index contributed by atoms with van der Waals surface area (Å²) in [5, 5.41) is 3.17. The SMILES string of the molecule is Cc1cccc(-c2cnc(NC(C)C)nc2)c1. The summed E-state index contributed by atoms with van der Waals surface area (Å²) in [6.45, 7) is 6.22. The first kappa shape index (κ1) is 11.6. The maximum absolute atomic E-state index is 4.30. The van der Waals surface area contributed by atoms with E-state index < -0.39 is 0 Å². The number of aromatic nitrogens is 2. The van der Waals surface area contributed by atoms with Gasteiger partial charge < -0.3 is 5.32 Å². The van der Waals surface area contributed by atoms with Crippen molar-refractivity contribution in [3.8, 4) is 11.1 Å². The average molecular weight is 227 g/mol. The number of rotatable bonds is 3. The van der Waals surface area contributed by atoms with E-state index in [1.54, 1.807) is 0 Å². The number of hydrogen-bond donors (Lipinski definition) is 1. The number of benzene rings is 1. The van der Waals surface area contributed by atoms with E-state index >= 15 is 0 Å². The van der Waals surface area contributed by atoms with Gasteiger partial charge in [-0.1, -0.05) is 29.8 Å². The molecule has 0 aliphatic carbocycles. The van der Waals surface area contributed by atoms with Gasteiger partial charge in [0.15, 0.2) is 0 Å². The Bertz CT molecular complexity index is 489. The van der Waals surface area contributed by atoms with Crippen molar-refractivity contribution in [2.75, 3.05) is 5.32 Å². The summed E-state index contributed by atoms with van der Waals surface area (Å²) in [6, 6.07) is 8.68. The predicted octanol–water partition coefficient (Wildman–Crippen LogP) is 3.27. The van der Waals surface area contributed by atoms with Gasteiger partial charge in [-0.15, -0.1) is 0 Å². The van der Waals surface area contributed by atoms with E-state index in [1.165, 1.54) is 5.56 Å². The lowest BCUT2D eigenvalue weighted by molar-refractivity contribution is 0.874. The zero-order valence-electron chi connectivity index (χ0n) is 10.4. The molecule has 0 bridgehead atoms. The monoisotopic (exact) mass is 227 g/mol. The van der Waals surface area contributed by atoms with Crippen LogP contribution in [0.3, 0.4) is 0 Å². The van der Waals surface area contributed by atoms with Crippen LogP contribution in [-0.2, 0) is 0 Å². The van der Waals surface area contributed by atoms with E-state index in [0.29, 0.717) is 12.0 Å². The first-order valence-corrected chi connectivity index (χ1v) is 5.81. The Balaban J connectivity index is 2.23. The number of nitrogens with one attached hydrogen (secondary N) is 1. The van der Waals surface area contributed by atoms with Gasteiger partial charge in [-0.25, -0.2) is 9.97 Å². The van der Waals surface area contributed by atoms with Crippen LogP contribution in [0.1, 0.15) is 19.4 Å². The van der Waals surface area contributed by atoms with E-state index in [1.807, 2.05) is 18.5 Å². The van der Waals surface area contributed by atoms with Crippen molar-refractivity contribution in [2.24, 2.45) is 0 Å². The summed E-state index contributed by atoms with van der Waals surface area (Å²) in [7, 11) is 0. The van der Waals surface area contributed by atoms with Crippen molar-refractivity contribution in [2.45, 2.75) is 26.8 Å². The first-order chi connectivity index (χ1) is 8.15. The van der Waals surface area contributed by atoms with Crippen LogP contribution in [0.5, 0.6) is 0 Å². The molecule has 1 aromatic heterocycles. The molecule has 0 aliphatic heterocycles. The molecule has 0 amide bonds. The third-order valence-electron chi connectivity index (χ3n) is 2.42. The lowest BCUT2D eigenvalue weighted by Crippen LogP contribution is -2.12. The second-order valence-electron chi connectivity index (χ2n) is 4.46. The number of nitrogens with zero attached hydrogens (tertiary/aromatic N) is 2. The highest BCUT2D eigenvalue weighted by molar-refractivity contribution is 5.62. The molecule has 0 saturated carbocycles. The Hall–Kier alpha value is -1.90. The maximum Gasteiger partial charge on any atom is 0.222 e. The number of aryl methyl sites for hydroxylation is 1. The van der Waals surface area contributed by atoms with Gasteiger partial charge in [0.2, 0.25) is 5.95 Å². The molecule has 0 spiro atoms. The third-order valence-corrected chi connectivity index (χ3v) is 2.42. The molecule has 3 nitrogen and oxygen atoms in total. The molecule has 0 fully saturated rings. The van der Waals surface area contributed by atoms with Crippen LogP contribution < -0.4 is 5.32 Å². The number of anilines is 1. The Kier molecular flexibility index (Phi) is 3.38. The van der Waals surface area contributed by atoms with Gasteiger partial charge in [-0.2, -0.15) is 0 Å². The molecule has 0 unspecified atom stereocenters. The molecule has 0 radical (unpaired) electrons. The molecule has 0 saturated heterocycles. The maximum atomic E-state index is 4.30. The minimum atomic E-state index is 0.347. The highest BCUT2D eigenvalue weighted by Crippen LogP contribution is 2.19. The smallest absolute Gasteiger partial charge is 0.222 e. The quantitative estimate of drug-likeness (QED) is 0.874. The second kappa shape index (κ2) is 4.95. The van der Waals surface area contributed by atoms with Gasteiger partial charge in [-0.3, -0.25) is 0 Å². The van der Waals surface area contributed by atoms with Crippen LogP contribution in [0.15, 0.2) is 36.7 Å². The molecule has 2 aromatic rings. The molecule has 3 heteroatoms. The predicted molar refractivity (Wildman–Crippen MR) is 71.0 cm³/mol. The molecular formula is C14H17N3. The zero-order chi connectivity index (χ0) is 12.3. The summed E-state index contributed by atoms with van der Waals surface area (Å²) in [4.78, 5) is 8.61. The summed E-state index contributed by atoms with van der Waals surface area (Å²) < 4.78 is 0. The Morgan fingerprint density at radius 3 is 2.35 bits per heavy atom. The Morgan fingerprint density at radius 1 is 1.06 bits per heavy atom. The second-order valence-corrected chi connectivity index (χ2v) is 4.46. The molecule has 0 aliphatic rings. The molecule has 1 N–H and O–H groups in total. The zero-order valence-corrected chi connectivity index (χ0v) is 10.4. The Morgan fingerprint density at radius 2 is 1.76 bits per heavy atom. The minimum Gasteiger partial charge on any atom is -0.352 e. The van der Waals surface area contributed by atoms with E-state index in [0.717, 1.165) is 11.1 Å². The van der Waals surface area contributed by atoms with Crippen molar-refractivity contribution in [3.05, 3.63) is 42.2 Å². The molecular weight excluding hydrogens is 210 g/mol. The molecule has 1 heterocycles. The van der Waals surface area contributed by atoms with Crippen molar-refractivity contribution >= 4 is 5.95 Å². The van der Waals surface area contributed by atoms with Crippen molar-refractivity contribution < 1.29 is 0 Å². The van der Waals surface area contributed by atoms with Crippen molar-refractivity contribution in [1.29, 1.82) is 0 Å². The highest BCUT2D eigenvalue weighted by Gasteiger charge is 2.01. The fourth-order valence-corrected chi connectivity index (χ4v) is 1.63. The third kappa shape index (κ3) is 3.03. The highest BCUT2D eigenvalue weighted by atomic mass is 15.1. The van der Waals surface area contributed by atoms with Crippen LogP contribution in [-0.4, -0.2) is 16.0 Å².